The van der Waals surface area contributed by atoms with Crippen molar-refractivity contribution >= 4 is 54.4 Å². The number of carbonyl (C=O) groups excluding carboxylic acids is 2. The Hall–Kier alpha value is -2.58. The fourth-order valence-electron chi connectivity index (χ4n) is 2.36. The molecule has 6 nitrogen and oxygen atoms in total. The molecule has 0 bridgehead atoms. The van der Waals surface area contributed by atoms with Crippen LogP contribution in [0, 0.1) is 0 Å². The smallest absolute Gasteiger partial charge is 0.276 e. The van der Waals surface area contributed by atoms with Crippen LogP contribution in [0.2, 0.25) is 0 Å². The van der Waals surface area contributed by atoms with E-state index in [2.05, 4.69) is 42.7 Å². The van der Waals surface area contributed by atoms with Crippen molar-refractivity contribution in [2.45, 2.75) is 0 Å². The van der Waals surface area contributed by atoms with Crippen LogP contribution in [0.25, 0.3) is 10.8 Å². The number of nitrogens with one attached hydrogen (secondary N) is 2. The predicted octanol–water partition coefficient (Wildman–Crippen LogP) is 3.97. The van der Waals surface area contributed by atoms with E-state index in [1.54, 1.807) is 30.3 Å². The van der Waals surface area contributed by atoms with Crippen LogP contribution >= 0.6 is 31.9 Å². The molecule has 2 N–H and O–H groups in total. The third-order valence-corrected chi connectivity index (χ3v) is 5.06. The van der Waals surface area contributed by atoms with E-state index in [0.29, 0.717) is 11.5 Å². The molecule has 3 aromatic rings. The Morgan fingerprint density at radius 3 is 2.14 bits per heavy atom. The molecule has 0 aliphatic heterocycles. The van der Waals surface area contributed by atoms with Crippen molar-refractivity contribution < 1.29 is 19.1 Å². The van der Waals surface area contributed by atoms with Crippen molar-refractivity contribution in [2.24, 2.45) is 0 Å². The lowest BCUT2D eigenvalue weighted by Gasteiger charge is -2.11. The quantitative estimate of drug-likeness (QED) is 0.495. The van der Waals surface area contributed by atoms with E-state index in [1.165, 1.54) is 0 Å². The first-order valence-electron chi connectivity index (χ1n) is 8.29. The van der Waals surface area contributed by atoms with Crippen molar-refractivity contribution in [3.05, 3.63) is 69.6 Å². The number of hydrogen-bond acceptors (Lipinski definition) is 4. The van der Waals surface area contributed by atoms with Gasteiger partial charge in [-0.3, -0.25) is 20.4 Å². The van der Waals surface area contributed by atoms with Gasteiger partial charge >= 0.3 is 0 Å². The summed E-state index contributed by atoms with van der Waals surface area (Å²) in [4.78, 5) is 23.6. The van der Waals surface area contributed by atoms with Gasteiger partial charge in [0.15, 0.2) is 13.2 Å². The van der Waals surface area contributed by atoms with Crippen molar-refractivity contribution in [1.82, 2.24) is 10.9 Å². The first kappa shape index (κ1) is 20.2. The molecule has 0 atom stereocenters. The minimum absolute atomic E-state index is 0.223. The van der Waals surface area contributed by atoms with Crippen molar-refractivity contribution in [3.63, 3.8) is 0 Å². The number of rotatable bonds is 6. The number of amides is 2. The van der Waals surface area contributed by atoms with Crippen LogP contribution < -0.4 is 20.3 Å². The van der Waals surface area contributed by atoms with Gasteiger partial charge in [-0.2, -0.15) is 0 Å². The second-order valence-corrected chi connectivity index (χ2v) is 7.44. The van der Waals surface area contributed by atoms with Crippen molar-refractivity contribution in [1.29, 1.82) is 0 Å². The Bertz CT molecular complexity index is 993. The van der Waals surface area contributed by atoms with Gasteiger partial charge in [0.05, 0.1) is 4.47 Å². The third kappa shape index (κ3) is 5.46. The Labute approximate surface area is 178 Å². The molecule has 0 spiro atoms. The van der Waals surface area contributed by atoms with E-state index in [0.717, 1.165) is 19.7 Å². The maximum atomic E-state index is 11.9. The monoisotopic (exact) mass is 506 g/mol. The zero-order chi connectivity index (χ0) is 19.9. The maximum absolute atomic E-state index is 11.9. The molecule has 144 valence electrons. The van der Waals surface area contributed by atoms with E-state index in [9.17, 15) is 9.59 Å². The van der Waals surface area contributed by atoms with Crippen LogP contribution in [-0.4, -0.2) is 25.0 Å². The largest absolute Gasteiger partial charge is 0.484 e. The first-order chi connectivity index (χ1) is 13.5. The highest BCUT2D eigenvalue weighted by molar-refractivity contribution is 9.11. The minimum Gasteiger partial charge on any atom is -0.484 e. The summed E-state index contributed by atoms with van der Waals surface area (Å²) < 4.78 is 12.5. The highest BCUT2D eigenvalue weighted by Crippen LogP contribution is 2.32. The molecular weight excluding hydrogens is 492 g/mol. The zero-order valence-electron chi connectivity index (χ0n) is 14.6. The minimum atomic E-state index is -0.489. The Kier molecular flexibility index (Phi) is 6.89. The van der Waals surface area contributed by atoms with Gasteiger partial charge in [-0.05, 0) is 57.0 Å². The lowest BCUT2D eigenvalue weighted by Crippen LogP contribution is -2.45. The van der Waals surface area contributed by atoms with Gasteiger partial charge < -0.3 is 9.47 Å². The number of fused-ring (bicyclic) bond motifs is 1. The molecule has 0 aliphatic carbocycles. The normalized spacial score (nSPS) is 10.4. The molecule has 28 heavy (non-hydrogen) atoms. The molecule has 0 aliphatic rings. The Morgan fingerprint density at radius 2 is 1.43 bits per heavy atom. The van der Waals surface area contributed by atoms with E-state index in [-0.39, 0.29) is 13.2 Å². The van der Waals surface area contributed by atoms with Crippen LogP contribution in [0.5, 0.6) is 11.5 Å². The van der Waals surface area contributed by atoms with E-state index in [4.69, 9.17) is 9.47 Å². The second-order valence-electron chi connectivity index (χ2n) is 5.73. The summed E-state index contributed by atoms with van der Waals surface area (Å²) in [5.41, 5.74) is 4.57. The molecule has 0 aromatic heterocycles. The summed E-state index contributed by atoms with van der Waals surface area (Å²) in [6.45, 7) is -0.468. The molecule has 0 fully saturated rings. The van der Waals surface area contributed by atoms with E-state index < -0.39 is 11.8 Å². The summed E-state index contributed by atoms with van der Waals surface area (Å²) in [5, 5.41) is 2.04. The number of carbonyl (C=O) groups is 2. The van der Waals surface area contributed by atoms with Crippen molar-refractivity contribution in [3.8, 4) is 11.5 Å². The molecule has 0 saturated carbocycles. The fourth-order valence-corrected chi connectivity index (χ4v) is 3.23. The third-order valence-electron chi connectivity index (χ3n) is 3.71. The summed E-state index contributed by atoms with van der Waals surface area (Å²) in [5.74, 6) is 0.119. The molecule has 0 saturated heterocycles. The maximum Gasteiger partial charge on any atom is 0.276 e. The highest BCUT2D eigenvalue weighted by atomic mass is 79.9. The molecule has 3 rings (SSSR count). The number of ether oxygens (including phenoxy) is 2. The Balaban J connectivity index is 1.43. The zero-order valence-corrected chi connectivity index (χ0v) is 17.7. The Morgan fingerprint density at radius 1 is 0.786 bits per heavy atom. The predicted molar refractivity (Wildman–Crippen MR) is 113 cm³/mol. The number of hydrazine groups is 1. The van der Waals surface area contributed by atoms with Gasteiger partial charge in [-0.1, -0.05) is 46.3 Å². The molecule has 2 amide bonds. The van der Waals surface area contributed by atoms with Crippen LogP contribution in [0.15, 0.2) is 69.6 Å². The van der Waals surface area contributed by atoms with Crippen LogP contribution in [-0.2, 0) is 9.59 Å². The van der Waals surface area contributed by atoms with Crippen molar-refractivity contribution in [2.75, 3.05) is 13.2 Å². The fraction of sp³-hybridized carbons (Fsp3) is 0.100. The molecule has 3 aromatic carbocycles. The average Bonchev–Trinajstić information content (AvgIpc) is 2.71. The lowest BCUT2D eigenvalue weighted by atomic mass is 10.1. The van der Waals surface area contributed by atoms with Gasteiger partial charge in [0.25, 0.3) is 11.8 Å². The van der Waals surface area contributed by atoms with Gasteiger partial charge in [-0.25, -0.2) is 0 Å². The number of benzene rings is 3. The van der Waals surface area contributed by atoms with Gasteiger partial charge in [0.1, 0.15) is 11.5 Å². The number of hydrogen-bond donors (Lipinski definition) is 2. The average molecular weight is 508 g/mol. The molecule has 8 heteroatoms. The summed E-state index contributed by atoms with van der Waals surface area (Å²) in [6.07, 6.45) is 0. The molecule has 0 heterocycles. The van der Waals surface area contributed by atoms with Crippen LogP contribution in [0.3, 0.4) is 0 Å². The van der Waals surface area contributed by atoms with Gasteiger partial charge in [0.2, 0.25) is 0 Å². The van der Waals surface area contributed by atoms with Crippen LogP contribution in [0.1, 0.15) is 0 Å². The lowest BCUT2D eigenvalue weighted by molar-refractivity contribution is -0.131. The van der Waals surface area contributed by atoms with Gasteiger partial charge in [0, 0.05) is 4.47 Å². The summed E-state index contributed by atoms with van der Waals surface area (Å²) in [6, 6.07) is 18.6. The number of halogens is 2. The molecule has 0 radical (unpaired) electrons. The standard InChI is InChI=1S/C20H16Br2N2O4/c21-14-6-8-15(9-7-14)27-11-18(25)23-24-19(26)12-28-17-10-5-13-3-1-2-4-16(13)20(17)22/h1-10H,11-12H2,(H,23,25)(H,24,26). The molecule has 0 unspecified atom stereocenters. The first-order valence-corrected chi connectivity index (χ1v) is 9.87. The van der Waals surface area contributed by atoms with E-state index in [1.807, 2.05) is 30.3 Å². The second kappa shape index (κ2) is 9.57. The van der Waals surface area contributed by atoms with Crippen LogP contribution in [0.4, 0.5) is 0 Å². The topological polar surface area (TPSA) is 76.7 Å². The molecular formula is C20H16Br2N2O4. The van der Waals surface area contributed by atoms with Gasteiger partial charge in [-0.15, -0.1) is 0 Å². The summed E-state index contributed by atoms with van der Waals surface area (Å²) in [7, 11) is 0. The SMILES string of the molecule is O=C(COc1ccc(Br)cc1)NNC(=O)COc1ccc2ccccc2c1Br. The summed E-state index contributed by atoms with van der Waals surface area (Å²) >= 11 is 6.81. The highest BCUT2D eigenvalue weighted by Gasteiger charge is 2.10. The van der Waals surface area contributed by atoms with E-state index >= 15 is 0 Å².